The fourth-order valence-electron chi connectivity index (χ4n) is 2.90. The lowest BCUT2D eigenvalue weighted by atomic mass is 9.96. The molecule has 0 aliphatic heterocycles. The predicted molar refractivity (Wildman–Crippen MR) is 92.0 cm³/mol. The van der Waals surface area contributed by atoms with E-state index in [1.807, 2.05) is 6.07 Å². The Morgan fingerprint density at radius 2 is 2.05 bits per heavy atom. The highest BCUT2D eigenvalue weighted by atomic mass is 32.1. The van der Waals surface area contributed by atoms with Crippen molar-refractivity contribution in [1.29, 1.82) is 0 Å². The van der Waals surface area contributed by atoms with E-state index in [2.05, 4.69) is 29.7 Å². The smallest absolute Gasteiger partial charge is 0.166 e. The molecule has 2 N–H and O–H groups in total. The number of hydrogen-bond donors (Lipinski definition) is 2. The molecule has 0 heterocycles. The zero-order valence-electron chi connectivity index (χ0n) is 13.1. The van der Waals surface area contributed by atoms with E-state index in [0.29, 0.717) is 6.04 Å². The normalized spacial score (nSPS) is 15.5. The topological polar surface area (TPSA) is 33.3 Å². The van der Waals surface area contributed by atoms with Crippen molar-refractivity contribution in [2.75, 3.05) is 13.7 Å². The molecule has 1 fully saturated rings. The van der Waals surface area contributed by atoms with Crippen LogP contribution in [0.25, 0.3) is 0 Å². The lowest BCUT2D eigenvalue weighted by Crippen LogP contribution is -2.43. The molecule has 1 aliphatic carbocycles. The Morgan fingerprint density at radius 3 is 2.76 bits per heavy atom. The van der Waals surface area contributed by atoms with Gasteiger partial charge in [-0.1, -0.05) is 37.0 Å². The third kappa shape index (κ3) is 5.20. The highest BCUT2D eigenvalue weighted by Gasteiger charge is 2.13. The average Bonchev–Trinajstić information content (AvgIpc) is 2.48. The van der Waals surface area contributed by atoms with Crippen LogP contribution in [-0.2, 0) is 6.42 Å². The zero-order valence-corrected chi connectivity index (χ0v) is 13.9. The molecule has 0 spiro atoms. The van der Waals surface area contributed by atoms with Crippen molar-refractivity contribution >= 4 is 17.3 Å². The molecular formula is C17H26N2OS. The zero-order chi connectivity index (χ0) is 15.1. The molecule has 0 radical (unpaired) electrons. The van der Waals surface area contributed by atoms with E-state index in [1.165, 1.54) is 43.2 Å². The first kappa shape index (κ1) is 16.1. The summed E-state index contributed by atoms with van der Waals surface area (Å²) in [5.41, 5.74) is 2.49. The van der Waals surface area contributed by atoms with Gasteiger partial charge in [-0.2, -0.15) is 0 Å². The Bertz CT molecular complexity index is 470. The van der Waals surface area contributed by atoms with Crippen LogP contribution in [0.4, 0.5) is 0 Å². The molecule has 2 rings (SSSR count). The minimum Gasteiger partial charge on any atom is -0.496 e. The fraction of sp³-hybridized carbons (Fsp3) is 0.588. The van der Waals surface area contributed by atoms with Crippen LogP contribution >= 0.6 is 12.2 Å². The monoisotopic (exact) mass is 306 g/mol. The van der Waals surface area contributed by atoms with Crippen LogP contribution in [-0.4, -0.2) is 24.8 Å². The number of rotatable bonds is 5. The molecule has 116 valence electrons. The molecule has 4 heteroatoms. The number of nitrogens with one attached hydrogen (secondary N) is 2. The van der Waals surface area contributed by atoms with E-state index < -0.39 is 0 Å². The Labute approximate surface area is 133 Å². The Kier molecular flexibility index (Phi) is 6.30. The third-order valence-electron chi connectivity index (χ3n) is 4.06. The van der Waals surface area contributed by atoms with Crippen molar-refractivity contribution in [3.63, 3.8) is 0 Å². The Hall–Kier alpha value is -1.29. The summed E-state index contributed by atoms with van der Waals surface area (Å²) in [6.07, 6.45) is 7.41. The maximum Gasteiger partial charge on any atom is 0.166 e. The summed E-state index contributed by atoms with van der Waals surface area (Å²) >= 11 is 5.38. The molecular weight excluding hydrogens is 280 g/mol. The van der Waals surface area contributed by atoms with Gasteiger partial charge in [0.1, 0.15) is 5.75 Å². The molecule has 0 amide bonds. The first-order chi connectivity index (χ1) is 10.2. The first-order valence-electron chi connectivity index (χ1n) is 7.87. The second-order valence-corrected chi connectivity index (χ2v) is 6.21. The number of methoxy groups -OCH3 is 1. The van der Waals surface area contributed by atoms with Gasteiger partial charge >= 0.3 is 0 Å². The predicted octanol–water partition coefficient (Wildman–Crippen LogP) is 3.34. The minimum atomic E-state index is 0.562. The van der Waals surface area contributed by atoms with Crippen LogP contribution in [0.2, 0.25) is 0 Å². The highest BCUT2D eigenvalue weighted by molar-refractivity contribution is 7.80. The van der Waals surface area contributed by atoms with E-state index in [9.17, 15) is 0 Å². The summed E-state index contributed by atoms with van der Waals surface area (Å²) in [5.74, 6) is 0.952. The summed E-state index contributed by atoms with van der Waals surface area (Å²) in [5, 5.41) is 7.53. The van der Waals surface area contributed by atoms with Crippen LogP contribution in [0.3, 0.4) is 0 Å². The molecule has 0 unspecified atom stereocenters. The number of hydrogen-bond acceptors (Lipinski definition) is 2. The van der Waals surface area contributed by atoms with Crippen molar-refractivity contribution < 1.29 is 4.74 Å². The lowest BCUT2D eigenvalue weighted by molar-refractivity contribution is 0.408. The van der Waals surface area contributed by atoms with Gasteiger partial charge in [0.15, 0.2) is 5.11 Å². The van der Waals surface area contributed by atoms with Gasteiger partial charge in [0.25, 0.3) is 0 Å². The van der Waals surface area contributed by atoms with Gasteiger partial charge in [-0.05, 0) is 50.0 Å². The molecule has 0 aromatic heterocycles. The number of ether oxygens (including phenoxy) is 1. The van der Waals surface area contributed by atoms with Gasteiger partial charge in [0.2, 0.25) is 0 Å². The van der Waals surface area contributed by atoms with Gasteiger partial charge in [0, 0.05) is 12.6 Å². The molecule has 0 atom stereocenters. The van der Waals surface area contributed by atoms with Crippen LogP contribution in [0.1, 0.15) is 43.2 Å². The molecule has 1 aliphatic rings. The van der Waals surface area contributed by atoms with Crippen molar-refractivity contribution in [1.82, 2.24) is 10.6 Å². The Balaban J connectivity index is 1.75. The van der Waals surface area contributed by atoms with Crippen molar-refractivity contribution in [2.24, 2.45) is 0 Å². The van der Waals surface area contributed by atoms with E-state index in [0.717, 1.165) is 23.8 Å². The summed E-state index contributed by atoms with van der Waals surface area (Å²) in [6, 6.07) is 6.85. The summed E-state index contributed by atoms with van der Waals surface area (Å²) < 4.78 is 5.40. The Morgan fingerprint density at radius 1 is 1.29 bits per heavy atom. The van der Waals surface area contributed by atoms with Crippen LogP contribution < -0.4 is 15.4 Å². The summed E-state index contributed by atoms with van der Waals surface area (Å²) in [7, 11) is 1.72. The molecule has 21 heavy (non-hydrogen) atoms. The van der Waals surface area contributed by atoms with Crippen molar-refractivity contribution in [3.05, 3.63) is 29.3 Å². The van der Waals surface area contributed by atoms with Crippen molar-refractivity contribution in [3.8, 4) is 5.75 Å². The SMILES string of the molecule is COc1ccc(C)cc1CCNC(=S)NC1CCCCC1. The average molecular weight is 306 g/mol. The van der Waals surface area contributed by atoms with Gasteiger partial charge < -0.3 is 15.4 Å². The third-order valence-corrected chi connectivity index (χ3v) is 4.32. The molecule has 3 nitrogen and oxygen atoms in total. The van der Waals surface area contributed by atoms with Gasteiger partial charge in [-0.15, -0.1) is 0 Å². The highest BCUT2D eigenvalue weighted by Crippen LogP contribution is 2.20. The minimum absolute atomic E-state index is 0.562. The number of thiocarbonyl (C=S) groups is 1. The van der Waals surface area contributed by atoms with E-state index >= 15 is 0 Å². The number of aryl methyl sites for hydroxylation is 1. The maximum atomic E-state index is 5.40. The van der Waals surface area contributed by atoms with E-state index in [4.69, 9.17) is 17.0 Å². The fourth-order valence-corrected chi connectivity index (χ4v) is 3.17. The molecule has 1 aromatic rings. The number of benzene rings is 1. The summed E-state index contributed by atoms with van der Waals surface area (Å²) in [4.78, 5) is 0. The van der Waals surface area contributed by atoms with Crippen LogP contribution in [0, 0.1) is 6.92 Å². The molecule has 0 bridgehead atoms. The van der Waals surface area contributed by atoms with Crippen LogP contribution in [0.15, 0.2) is 18.2 Å². The van der Waals surface area contributed by atoms with Gasteiger partial charge in [-0.25, -0.2) is 0 Å². The first-order valence-corrected chi connectivity index (χ1v) is 8.28. The van der Waals surface area contributed by atoms with Gasteiger partial charge in [-0.3, -0.25) is 0 Å². The van der Waals surface area contributed by atoms with Gasteiger partial charge in [0.05, 0.1) is 7.11 Å². The lowest BCUT2D eigenvalue weighted by Gasteiger charge is -2.24. The molecule has 1 aromatic carbocycles. The maximum absolute atomic E-state index is 5.40. The van der Waals surface area contributed by atoms with E-state index in [-0.39, 0.29) is 0 Å². The van der Waals surface area contributed by atoms with E-state index in [1.54, 1.807) is 7.11 Å². The molecule has 1 saturated carbocycles. The largest absolute Gasteiger partial charge is 0.496 e. The second kappa shape index (κ2) is 8.23. The van der Waals surface area contributed by atoms with Crippen LogP contribution in [0.5, 0.6) is 5.75 Å². The summed E-state index contributed by atoms with van der Waals surface area (Å²) in [6.45, 7) is 2.93. The second-order valence-electron chi connectivity index (χ2n) is 5.80. The molecule has 0 saturated heterocycles. The standard InChI is InChI=1S/C17H26N2OS/c1-13-8-9-16(20-2)14(12-13)10-11-18-17(21)19-15-6-4-3-5-7-15/h8-9,12,15H,3-7,10-11H2,1-2H3,(H2,18,19,21). The quantitative estimate of drug-likeness (QED) is 0.818. The van der Waals surface area contributed by atoms with Crippen molar-refractivity contribution in [2.45, 2.75) is 51.5 Å².